The number of aryl methyl sites for hydroxylation is 1. The Bertz CT molecular complexity index is 1040. The lowest BCUT2D eigenvalue weighted by Crippen LogP contribution is -2.47. The molecule has 0 atom stereocenters. The zero-order chi connectivity index (χ0) is 20.5. The second-order valence-corrected chi connectivity index (χ2v) is 7.35. The van der Waals surface area contributed by atoms with E-state index in [4.69, 9.17) is 4.74 Å². The van der Waals surface area contributed by atoms with Gasteiger partial charge in [-0.2, -0.15) is 5.10 Å². The Morgan fingerprint density at radius 2 is 1.86 bits per heavy atom. The number of ether oxygens (including phenoxy) is 1. The van der Waals surface area contributed by atoms with Gasteiger partial charge in [0.05, 0.1) is 29.1 Å². The molecule has 29 heavy (non-hydrogen) atoms. The third-order valence-electron chi connectivity index (χ3n) is 5.39. The Balaban J connectivity index is 1.78. The first-order valence-corrected chi connectivity index (χ1v) is 9.59. The minimum atomic E-state index is -0.303. The van der Waals surface area contributed by atoms with Gasteiger partial charge >= 0.3 is 0 Å². The molecule has 0 saturated carbocycles. The standard InChI is InChI=1S/C21H24FN5O2/c1-14-17(21(28)26-10-8-25(2)9-11-26)12-23-20-19(15-4-6-16(22)7-5-15)18(13-29-3)24-27(14)20/h4-7,12H,8-11,13H2,1-3H3. The summed E-state index contributed by atoms with van der Waals surface area (Å²) < 4.78 is 20.4. The maximum absolute atomic E-state index is 13.4. The number of aromatic nitrogens is 3. The van der Waals surface area contributed by atoms with Crippen molar-refractivity contribution in [3.63, 3.8) is 0 Å². The summed E-state index contributed by atoms with van der Waals surface area (Å²) in [5, 5.41) is 4.66. The van der Waals surface area contributed by atoms with E-state index in [1.165, 1.54) is 12.1 Å². The number of hydrogen-bond acceptors (Lipinski definition) is 5. The van der Waals surface area contributed by atoms with Crippen molar-refractivity contribution in [2.75, 3.05) is 40.3 Å². The summed E-state index contributed by atoms with van der Waals surface area (Å²) in [6.07, 6.45) is 1.62. The number of methoxy groups -OCH3 is 1. The topological polar surface area (TPSA) is 63.0 Å². The molecule has 0 radical (unpaired) electrons. The number of rotatable bonds is 4. The van der Waals surface area contributed by atoms with Crippen molar-refractivity contribution in [2.45, 2.75) is 13.5 Å². The molecule has 1 aromatic carbocycles. The average molecular weight is 397 g/mol. The molecule has 1 saturated heterocycles. The number of carbonyl (C=O) groups excluding carboxylic acids is 1. The van der Waals surface area contributed by atoms with E-state index >= 15 is 0 Å². The van der Waals surface area contributed by atoms with Crippen LogP contribution in [0.25, 0.3) is 16.8 Å². The predicted molar refractivity (Wildman–Crippen MR) is 107 cm³/mol. The Morgan fingerprint density at radius 3 is 2.52 bits per heavy atom. The number of likely N-dealkylation sites (N-methyl/N-ethyl adjacent to an activating group) is 1. The molecular weight excluding hydrogens is 373 g/mol. The molecule has 3 aromatic rings. The number of halogens is 1. The molecule has 1 aliphatic heterocycles. The largest absolute Gasteiger partial charge is 0.378 e. The predicted octanol–water partition coefficient (Wildman–Crippen LogP) is 2.38. The summed E-state index contributed by atoms with van der Waals surface area (Å²) in [4.78, 5) is 21.7. The zero-order valence-corrected chi connectivity index (χ0v) is 16.9. The number of piperazine rings is 1. The molecule has 0 bridgehead atoms. The van der Waals surface area contributed by atoms with Gasteiger partial charge in [-0.1, -0.05) is 12.1 Å². The molecular formula is C21H24FN5O2. The fourth-order valence-electron chi connectivity index (χ4n) is 3.68. The Hall–Kier alpha value is -2.84. The van der Waals surface area contributed by atoms with Crippen LogP contribution in [0.1, 0.15) is 21.7 Å². The molecule has 0 aliphatic carbocycles. The quantitative estimate of drug-likeness (QED) is 0.676. The van der Waals surface area contributed by atoms with Crippen LogP contribution in [0.3, 0.4) is 0 Å². The highest BCUT2D eigenvalue weighted by Gasteiger charge is 2.25. The third-order valence-corrected chi connectivity index (χ3v) is 5.39. The zero-order valence-electron chi connectivity index (χ0n) is 16.9. The van der Waals surface area contributed by atoms with Crippen LogP contribution in [0.2, 0.25) is 0 Å². The van der Waals surface area contributed by atoms with Crippen LogP contribution in [0.4, 0.5) is 4.39 Å². The van der Waals surface area contributed by atoms with E-state index in [-0.39, 0.29) is 18.3 Å². The van der Waals surface area contributed by atoms with Crippen molar-refractivity contribution < 1.29 is 13.9 Å². The van der Waals surface area contributed by atoms with E-state index in [2.05, 4.69) is 22.0 Å². The second kappa shape index (κ2) is 7.88. The number of hydrogen-bond donors (Lipinski definition) is 0. The van der Waals surface area contributed by atoms with E-state index < -0.39 is 0 Å². The normalized spacial score (nSPS) is 15.2. The van der Waals surface area contributed by atoms with Crippen molar-refractivity contribution in [1.29, 1.82) is 0 Å². The molecule has 1 amide bonds. The van der Waals surface area contributed by atoms with Crippen LogP contribution in [-0.4, -0.2) is 70.6 Å². The van der Waals surface area contributed by atoms with Gasteiger partial charge in [0.1, 0.15) is 5.82 Å². The monoisotopic (exact) mass is 397 g/mol. The summed E-state index contributed by atoms with van der Waals surface area (Å²) in [5.41, 5.74) is 4.17. The van der Waals surface area contributed by atoms with Gasteiger partial charge in [0, 0.05) is 39.5 Å². The lowest BCUT2D eigenvalue weighted by atomic mass is 10.1. The van der Waals surface area contributed by atoms with Crippen LogP contribution in [0, 0.1) is 12.7 Å². The fraction of sp³-hybridized carbons (Fsp3) is 0.381. The number of benzene rings is 1. The van der Waals surface area contributed by atoms with E-state index in [9.17, 15) is 9.18 Å². The molecule has 4 rings (SSSR count). The van der Waals surface area contributed by atoms with Crippen LogP contribution in [0.5, 0.6) is 0 Å². The van der Waals surface area contributed by atoms with E-state index in [0.29, 0.717) is 30.0 Å². The Labute approximate surface area is 168 Å². The summed E-state index contributed by atoms with van der Waals surface area (Å²) in [5.74, 6) is -0.333. The number of carbonyl (C=O) groups is 1. The summed E-state index contributed by atoms with van der Waals surface area (Å²) in [6, 6.07) is 6.22. The SMILES string of the molecule is COCc1nn2c(C)c(C(=O)N3CCN(C)CC3)cnc2c1-c1ccc(F)cc1. The summed E-state index contributed by atoms with van der Waals surface area (Å²) in [6.45, 7) is 5.26. The van der Waals surface area contributed by atoms with Gasteiger partial charge < -0.3 is 14.5 Å². The van der Waals surface area contributed by atoms with Crippen LogP contribution >= 0.6 is 0 Å². The van der Waals surface area contributed by atoms with Crippen molar-refractivity contribution in [1.82, 2.24) is 24.4 Å². The highest BCUT2D eigenvalue weighted by atomic mass is 19.1. The van der Waals surface area contributed by atoms with Gasteiger partial charge in [0.25, 0.3) is 5.91 Å². The summed E-state index contributed by atoms with van der Waals surface area (Å²) >= 11 is 0. The molecule has 0 unspecified atom stereocenters. The number of fused-ring (bicyclic) bond motifs is 1. The molecule has 1 aliphatic rings. The summed E-state index contributed by atoms with van der Waals surface area (Å²) in [7, 11) is 3.65. The van der Waals surface area contributed by atoms with Gasteiger partial charge in [-0.3, -0.25) is 4.79 Å². The van der Waals surface area contributed by atoms with Crippen molar-refractivity contribution >= 4 is 11.6 Å². The molecule has 7 nitrogen and oxygen atoms in total. The van der Waals surface area contributed by atoms with E-state index in [1.54, 1.807) is 30.0 Å². The highest BCUT2D eigenvalue weighted by molar-refractivity contribution is 5.95. The first-order chi connectivity index (χ1) is 14.0. The van der Waals surface area contributed by atoms with Crippen LogP contribution < -0.4 is 0 Å². The molecule has 3 heterocycles. The van der Waals surface area contributed by atoms with Crippen LogP contribution in [-0.2, 0) is 11.3 Å². The van der Waals surface area contributed by atoms with Crippen molar-refractivity contribution in [3.8, 4) is 11.1 Å². The smallest absolute Gasteiger partial charge is 0.257 e. The first kappa shape index (κ1) is 19.5. The minimum Gasteiger partial charge on any atom is -0.378 e. The lowest BCUT2D eigenvalue weighted by molar-refractivity contribution is 0.0662. The Kier molecular flexibility index (Phi) is 5.29. The van der Waals surface area contributed by atoms with Crippen molar-refractivity contribution in [2.24, 2.45) is 0 Å². The van der Waals surface area contributed by atoms with Gasteiger partial charge in [0.15, 0.2) is 5.65 Å². The molecule has 0 spiro atoms. The lowest BCUT2D eigenvalue weighted by Gasteiger charge is -2.32. The second-order valence-electron chi connectivity index (χ2n) is 7.35. The molecule has 1 fully saturated rings. The minimum absolute atomic E-state index is 0.0304. The first-order valence-electron chi connectivity index (χ1n) is 9.59. The number of amides is 1. The van der Waals surface area contributed by atoms with Crippen molar-refractivity contribution in [3.05, 3.63) is 53.2 Å². The van der Waals surface area contributed by atoms with Crippen LogP contribution in [0.15, 0.2) is 30.5 Å². The fourth-order valence-corrected chi connectivity index (χ4v) is 3.68. The Morgan fingerprint density at radius 1 is 1.17 bits per heavy atom. The van der Waals surface area contributed by atoms with E-state index in [0.717, 1.165) is 29.9 Å². The van der Waals surface area contributed by atoms with Gasteiger partial charge in [-0.25, -0.2) is 13.9 Å². The molecule has 8 heteroatoms. The van der Waals surface area contributed by atoms with Gasteiger partial charge in [-0.15, -0.1) is 0 Å². The average Bonchev–Trinajstić information content (AvgIpc) is 3.08. The molecule has 0 N–H and O–H groups in total. The number of nitrogens with zero attached hydrogens (tertiary/aromatic N) is 5. The van der Waals surface area contributed by atoms with Gasteiger partial charge in [0.2, 0.25) is 0 Å². The molecule has 152 valence electrons. The van der Waals surface area contributed by atoms with E-state index in [1.807, 2.05) is 11.8 Å². The maximum Gasteiger partial charge on any atom is 0.257 e. The third kappa shape index (κ3) is 3.61. The van der Waals surface area contributed by atoms with Gasteiger partial charge in [-0.05, 0) is 31.7 Å². The maximum atomic E-state index is 13.4. The highest BCUT2D eigenvalue weighted by Crippen LogP contribution is 2.29. The molecule has 2 aromatic heterocycles.